The molecule has 0 spiro atoms. The van der Waals surface area contributed by atoms with Crippen LogP contribution in [0.15, 0.2) is 29.2 Å². The molecule has 0 aliphatic carbocycles. The third-order valence-corrected chi connectivity index (χ3v) is 6.08. The van der Waals surface area contributed by atoms with Crippen molar-refractivity contribution in [1.29, 1.82) is 0 Å². The average molecular weight is 395 g/mol. The van der Waals surface area contributed by atoms with Crippen molar-refractivity contribution in [3.05, 3.63) is 24.3 Å². The number of carbonyl (C=O) groups is 1. The third-order valence-electron chi connectivity index (χ3n) is 3.03. The van der Waals surface area contributed by atoms with Gasteiger partial charge in [0, 0.05) is 17.4 Å². The summed E-state index contributed by atoms with van der Waals surface area (Å²) in [6.07, 6.45) is 0.304. The van der Waals surface area contributed by atoms with Crippen molar-refractivity contribution in [2.75, 3.05) is 18.1 Å². The minimum absolute atomic E-state index is 0.112. The largest absolute Gasteiger partial charge is 0.497 e. The van der Waals surface area contributed by atoms with Crippen LogP contribution in [0.25, 0.3) is 0 Å². The van der Waals surface area contributed by atoms with Crippen molar-refractivity contribution in [3.8, 4) is 5.75 Å². The molecule has 7 heteroatoms. The summed E-state index contributed by atoms with van der Waals surface area (Å²) in [6, 6.07) is 6.06. The quantitative estimate of drug-likeness (QED) is 0.575. The van der Waals surface area contributed by atoms with Gasteiger partial charge in [-0.25, -0.2) is 12.7 Å². The number of hydrogen-bond acceptors (Lipinski definition) is 4. The summed E-state index contributed by atoms with van der Waals surface area (Å²) in [5.41, 5.74) is 0. The Balaban J connectivity index is 2.29. The Morgan fingerprint density at radius 2 is 2.00 bits per heavy atom. The monoisotopic (exact) mass is 395 g/mol. The lowest BCUT2D eigenvalue weighted by molar-refractivity contribution is -0.123. The fraction of sp³-hybridized carbons (Fsp3) is 0.417. The summed E-state index contributed by atoms with van der Waals surface area (Å²) in [5, 5.41) is 0. The number of ether oxygens (including phenoxy) is 1. The Bertz CT molecular complexity index is 570. The molecule has 1 heterocycles. The standard InChI is InChI=1S/C12H14INO4S/c1-18-10-2-4-11(5-3-10)19(16,17)14-8-9(7-13)6-12(14)15/h2-5,9H,6-8H2,1H3. The van der Waals surface area contributed by atoms with Gasteiger partial charge in [0.15, 0.2) is 0 Å². The fourth-order valence-electron chi connectivity index (χ4n) is 1.96. The number of benzene rings is 1. The second-order valence-corrected chi connectivity index (χ2v) is 7.07. The highest BCUT2D eigenvalue weighted by Crippen LogP contribution is 2.27. The van der Waals surface area contributed by atoms with E-state index in [1.807, 2.05) is 0 Å². The first-order chi connectivity index (χ1) is 8.98. The van der Waals surface area contributed by atoms with Gasteiger partial charge in [-0.1, -0.05) is 22.6 Å². The van der Waals surface area contributed by atoms with Gasteiger partial charge in [0.25, 0.3) is 10.0 Å². The summed E-state index contributed by atoms with van der Waals surface area (Å²) in [5.74, 6) is 0.371. The van der Waals surface area contributed by atoms with E-state index >= 15 is 0 Å². The van der Waals surface area contributed by atoms with Crippen LogP contribution in [0.1, 0.15) is 6.42 Å². The maximum Gasteiger partial charge on any atom is 0.266 e. The molecule has 0 radical (unpaired) electrons. The number of alkyl halides is 1. The van der Waals surface area contributed by atoms with E-state index in [1.54, 1.807) is 12.1 Å². The van der Waals surface area contributed by atoms with Crippen LogP contribution >= 0.6 is 22.6 Å². The second kappa shape index (κ2) is 5.66. The molecule has 1 saturated heterocycles. The van der Waals surface area contributed by atoms with Gasteiger partial charge >= 0.3 is 0 Å². The van der Waals surface area contributed by atoms with Gasteiger partial charge in [0.2, 0.25) is 5.91 Å². The number of nitrogens with zero attached hydrogens (tertiary/aromatic N) is 1. The maximum atomic E-state index is 12.4. The molecule has 2 rings (SSSR count). The van der Waals surface area contributed by atoms with Crippen LogP contribution in [0.3, 0.4) is 0 Å². The van der Waals surface area contributed by atoms with E-state index in [9.17, 15) is 13.2 Å². The number of hydrogen-bond donors (Lipinski definition) is 0. The van der Waals surface area contributed by atoms with Crippen molar-refractivity contribution >= 4 is 38.5 Å². The molecule has 1 amide bonds. The molecule has 19 heavy (non-hydrogen) atoms. The highest BCUT2D eigenvalue weighted by molar-refractivity contribution is 14.1. The number of methoxy groups -OCH3 is 1. The van der Waals surface area contributed by atoms with Crippen molar-refractivity contribution in [3.63, 3.8) is 0 Å². The van der Waals surface area contributed by atoms with E-state index in [0.717, 1.165) is 8.73 Å². The van der Waals surface area contributed by atoms with Crippen LogP contribution in [0.4, 0.5) is 0 Å². The molecule has 1 atom stereocenters. The van der Waals surface area contributed by atoms with Crippen molar-refractivity contribution in [2.45, 2.75) is 11.3 Å². The van der Waals surface area contributed by atoms with E-state index < -0.39 is 10.0 Å². The number of halogens is 1. The lowest BCUT2D eigenvalue weighted by atomic mass is 10.2. The second-order valence-electron chi connectivity index (χ2n) is 4.33. The molecule has 0 N–H and O–H groups in total. The molecular weight excluding hydrogens is 381 g/mol. The van der Waals surface area contributed by atoms with E-state index in [0.29, 0.717) is 12.2 Å². The Kier molecular flexibility index (Phi) is 4.34. The molecule has 1 aromatic carbocycles. The van der Waals surface area contributed by atoms with Crippen molar-refractivity contribution in [2.24, 2.45) is 5.92 Å². The van der Waals surface area contributed by atoms with Gasteiger partial charge in [0.1, 0.15) is 5.75 Å². The zero-order valence-corrected chi connectivity index (χ0v) is 13.3. The van der Waals surface area contributed by atoms with E-state index in [2.05, 4.69) is 22.6 Å². The van der Waals surface area contributed by atoms with Crippen molar-refractivity contribution < 1.29 is 17.9 Å². The predicted octanol–water partition coefficient (Wildman–Crippen LogP) is 1.67. The number of rotatable bonds is 4. The molecule has 1 unspecified atom stereocenters. The first-order valence-corrected chi connectivity index (χ1v) is 8.71. The van der Waals surface area contributed by atoms with Gasteiger partial charge in [-0.2, -0.15) is 0 Å². The van der Waals surface area contributed by atoms with E-state index in [-0.39, 0.29) is 23.3 Å². The Morgan fingerprint density at radius 1 is 1.37 bits per heavy atom. The third kappa shape index (κ3) is 2.86. The normalized spacial score (nSPS) is 19.8. The van der Waals surface area contributed by atoms with Gasteiger partial charge < -0.3 is 4.74 Å². The predicted molar refractivity (Wildman–Crippen MR) is 78.9 cm³/mol. The lowest BCUT2D eigenvalue weighted by Crippen LogP contribution is -2.32. The maximum absolute atomic E-state index is 12.4. The van der Waals surface area contributed by atoms with Gasteiger partial charge in [-0.15, -0.1) is 0 Å². The highest BCUT2D eigenvalue weighted by atomic mass is 127. The molecule has 1 aliphatic rings. The summed E-state index contributed by atoms with van der Waals surface area (Å²) < 4.78 is 31.5. The molecule has 0 aromatic heterocycles. The Hall–Kier alpha value is -0.830. The molecule has 5 nitrogen and oxygen atoms in total. The lowest BCUT2D eigenvalue weighted by Gasteiger charge is -2.16. The molecule has 0 saturated carbocycles. The number of amides is 1. The van der Waals surface area contributed by atoms with Crippen LogP contribution in [0, 0.1) is 5.92 Å². The molecular formula is C12H14INO4S. The zero-order valence-electron chi connectivity index (χ0n) is 10.4. The number of carbonyl (C=O) groups excluding carboxylic acids is 1. The topological polar surface area (TPSA) is 63.7 Å². The SMILES string of the molecule is COc1ccc(S(=O)(=O)N2CC(CI)CC2=O)cc1. The summed E-state index contributed by atoms with van der Waals surface area (Å²) >= 11 is 2.17. The highest BCUT2D eigenvalue weighted by Gasteiger charge is 2.37. The van der Waals surface area contributed by atoms with E-state index in [4.69, 9.17) is 4.74 Å². The van der Waals surface area contributed by atoms with Crippen LogP contribution in [-0.4, -0.2) is 36.7 Å². The van der Waals surface area contributed by atoms with Crippen LogP contribution in [0.2, 0.25) is 0 Å². The smallest absolute Gasteiger partial charge is 0.266 e. The summed E-state index contributed by atoms with van der Waals surface area (Å²) in [6.45, 7) is 0.274. The van der Waals surface area contributed by atoms with Gasteiger partial charge in [-0.3, -0.25) is 4.79 Å². The van der Waals surface area contributed by atoms with Gasteiger partial charge in [0.05, 0.1) is 12.0 Å². The molecule has 1 fully saturated rings. The Labute approximate surface area is 126 Å². The molecule has 1 aliphatic heterocycles. The minimum Gasteiger partial charge on any atom is -0.497 e. The summed E-state index contributed by atoms with van der Waals surface area (Å²) in [7, 11) is -2.22. The summed E-state index contributed by atoms with van der Waals surface area (Å²) in [4.78, 5) is 11.9. The fourth-order valence-corrected chi connectivity index (χ4v) is 4.03. The van der Waals surface area contributed by atoms with Crippen LogP contribution in [0.5, 0.6) is 5.75 Å². The zero-order chi connectivity index (χ0) is 14.0. The average Bonchev–Trinajstić information content (AvgIpc) is 2.81. The first kappa shape index (κ1) is 14.6. The van der Waals surface area contributed by atoms with Gasteiger partial charge in [-0.05, 0) is 30.2 Å². The molecule has 104 valence electrons. The van der Waals surface area contributed by atoms with E-state index in [1.165, 1.54) is 19.2 Å². The Morgan fingerprint density at radius 3 is 2.47 bits per heavy atom. The minimum atomic E-state index is -3.73. The van der Waals surface area contributed by atoms with Crippen LogP contribution in [-0.2, 0) is 14.8 Å². The van der Waals surface area contributed by atoms with Crippen LogP contribution < -0.4 is 4.74 Å². The number of sulfonamides is 1. The molecule has 1 aromatic rings. The first-order valence-electron chi connectivity index (χ1n) is 5.74. The van der Waals surface area contributed by atoms with Crippen molar-refractivity contribution in [1.82, 2.24) is 4.31 Å². The molecule has 0 bridgehead atoms.